The predicted octanol–water partition coefficient (Wildman–Crippen LogP) is 5.78. The van der Waals surface area contributed by atoms with Crippen LogP contribution in [0.3, 0.4) is 0 Å². The Morgan fingerprint density at radius 1 is 1.11 bits per heavy atom. The van der Waals surface area contributed by atoms with Gasteiger partial charge in [-0.05, 0) is 37.8 Å². The Bertz CT molecular complexity index is 328. The summed E-state index contributed by atoms with van der Waals surface area (Å²) < 4.78 is 0. The van der Waals surface area contributed by atoms with E-state index in [1.807, 2.05) is 13.5 Å². The number of hydrogen-bond acceptors (Lipinski definition) is 1. The van der Waals surface area contributed by atoms with E-state index in [0.717, 1.165) is 12.8 Å². The monoisotopic (exact) mass is 354 g/mol. The number of nitrogens with one attached hydrogen (secondary N) is 1. The average molecular weight is 356 g/mol. The molecule has 0 aromatic heterocycles. The third-order valence-corrected chi connectivity index (χ3v) is 2.50. The number of anilines is 1. The summed E-state index contributed by atoms with van der Waals surface area (Å²) in [6.07, 6.45) is 2.18. The minimum absolute atomic E-state index is 1.09. The Balaban J connectivity index is 0.000000631. The molecule has 1 nitrogen and oxygen atoms in total. The fourth-order valence-corrected chi connectivity index (χ4v) is 1.83. The van der Waals surface area contributed by atoms with Crippen molar-refractivity contribution in [2.75, 3.05) is 5.32 Å². The van der Waals surface area contributed by atoms with E-state index in [9.17, 15) is 0 Å². The number of benzene rings is 1. The molecule has 0 aliphatic heterocycles. The van der Waals surface area contributed by atoms with Crippen molar-refractivity contribution < 1.29 is 10.9 Å². The van der Waals surface area contributed by atoms with Crippen molar-refractivity contribution in [3.8, 4) is 0 Å². The summed E-state index contributed by atoms with van der Waals surface area (Å²) in [6.45, 7) is 10.6. The molecule has 0 fully saturated rings. The SMILES string of the molecule is C[CH]Nc1c(CC)cc(C)cc1CC.[Cl][Co]([Cl])[Cl]. The molecule has 0 spiro atoms. The van der Waals surface area contributed by atoms with Gasteiger partial charge in [-0.1, -0.05) is 31.5 Å². The van der Waals surface area contributed by atoms with E-state index in [4.69, 9.17) is 30.4 Å². The van der Waals surface area contributed by atoms with Gasteiger partial charge in [0.15, 0.2) is 0 Å². The minimum atomic E-state index is -1.19. The number of halogens is 3. The van der Waals surface area contributed by atoms with Crippen LogP contribution in [-0.4, -0.2) is 0 Å². The summed E-state index contributed by atoms with van der Waals surface area (Å²) in [4.78, 5) is 0. The fourth-order valence-electron chi connectivity index (χ4n) is 1.83. The van der Waals surface area contributed by atoms with Gasteiger partial charge in [0.25, 0.3) is 0 Å². The zero-order valence-electron chi connectivity index (χ0n) is 11.1. The molecule has 0 heterocycles. The molecule has 107 valence electrons. The first-order chi connectivity index (χ1) is 8.46. The van der Waals surface area contributed by atoms with Crippen molar-refractivity contribution in [3.05, 3.63) is 35.4 Å². The van der Waals surface area contributed by atoms with E-state index in [1.54, 1.807) is 0 Å². The molecule has 1 radical (unpaired) electrons. The van der Waals surface area contributed by atoms with Crippen LogP contribution in [0.2, 0.25) is 0 Å². The van der Waals surface area contributed by atoms with Crippen LogP contribution in [0, 0.1) is 13.5 Å². The maximum absolute atomic E-state index is 4.87. The summed E-state index contributed by atoms with van der Waals surface area (Å²) in [6, 6.07) is 4.54. The maximum atomic E-state index is 4.87. The molecule has 1 N–H and O–H groups in total. The van der Waals surface area contributed by atoms with E-state index < -0.39 is 10.9 Å². The van der Waals surface area contributed by atoms with Gasteiger partial charge in [0.05, 0.1) is 0 Å². The molecule has 0 bridgehead atoms. The van der Waals surface area contributed by atoms with Gasteiger partial charge >= 0.3 is 41.4 Å². The van der Waals surface area contributed by atoms with E-state index in [-0.39, 0.29) is 0 Å². The van der Waals surface area contributed by atoms with Gasteiger partial charge in [0.1, 0.15) is 0 Å². The third kappa shape index (κ3) is 7.10. The molecule has 0 amide bonds. The summed E-state index contributed by atoms with van der Waals surface area (Å²) in [7, 11) is 13.4. The van der Waals surface area contributed by atoms with E-state index in [0.29, 0.717) is 0 Å². The van der Waals surface area contributed by atoms with Crippen LogP contribution < -0.4 is 5.32 Å². The van der Waals surface area contributed by atoms with E-state index in [2.05, 4.69) is 38.2 Å². The zero-order valence-corrected chi connectivity index (χ0v) is 14.4. The quantitative estimate of drug-likeness (QED) is 0.722. The summed E-state index contributed by atoms with van der Waals surface area (Å²) in [5.74, 6) is 0. The first kappa shape index (κ1) is 18.4. The Kier molecular flexibility index (Phi) is 10.4. The van der Waals surface area contributed by atoms with Crippen LogP contribution in [0.4, 0.5) is 5.69 Å². The second kappa shape index (κ2) is 10.2. The van der Waals surface area contributed by atoms with Gasteiger partial charge in [-0.25, -0.2) is 0 Å². The summed E-state index contributed by atoms with van der Waals surface area (Å²) >= 11 is 0. The predicted molar refractivity (Wildman–Crippen MR) is 81.1 cm³/mol. The molecule has 5 heteroatoms. The molecular formula is C13H20Cl3CoN. The van der Waals surface area contributed by atoms with Gasteiger partial charge in [0, 0.05) is 12.2 Å². The van der Waals surface area contributed by atoms with Crippen LogP contribution in [0.15, 0.2) is 12.1 Å². The van der Waals surface area contributed by atoms with Crippen LogP contribution >= 0.6 is 30.4 Å². The summed E-state index contributed by atoms with van der Waals surface area (Å²) in [5.41, 5.74) is 5.50. The topological polar surface area (TPSA) is 12.0 Å². The Morgan fingerprint density at radius 3 is 1.78 bits per heavy atom. The Morgan fingerprint density at radius 2 is 1.50 bits per heavy atom. The Labute approximate surface area is 128 Å². The van der Waals surface area contributed by atoms with Crippen molar-refractivity contribution in [2.24, 2.45) is 0 Å². The molecule has 0 unspecified atom stereocenters. The van der Waals surface area contributed by atoms with Crippen molar-refractivity contribution >= 4 is 36.1 Å². The van der Waals surface area contributed by atoms with Gasteiger partial charge < -0.3 is 5.32 Å². The van der Waals surface area contributed by atoms with E-state index in [1.165, 1.54) is 22.4 Å². The van der Waals surface area contributed by atoms with Crippen molar-refractivity contribution in [2.45, 2.75) is 40.5 Å². The Hall–Kier alpha value is 0.396. The van der Waals surface area contributed by atoms with Crippen molar-refractivity contribution in [1.29, 1.82) is 0 Å². The fraction of sp³-hybridized carbons (Fsp3) is 0.462. The molecule has 1 rings (SSSR count). The molecule has 1 aromatic rings. The number of hydrogen-bond donors (Lipinski definition) is 1. The molecule has 18 heavy (non-hydrogen) atoms. The van der Waals surface area contributed by atoms with Crippen LogP contribution in [0.25, 0.3) is 0 Å². The van der Waals surface area contributed by atoms with Gasteiger partial charge in [-0.2, -0.15) is 0 Å². The number of aryl methyl sites for hydroxylation is 3. The molecule has 0 aliphatic rings. The van der Waals surface area contributed by atoms with Crippen LogP contribution in [0.1, 0.15) is 37.5 Å². The van der Waals surface area contributed by atoms with Crippen molar-refractivity contribution in [3.63, 3.8) is 0 Å². The summed E-state index contributed by atoms with van der Waals surface area (Å²) in [5, 5.41) is 3.35. The first-order valence-corrected chi connectivity index (χ1v) is 10.1. The molecule has 1 aromatic carbocycles. The molecule has 0 saturated heterocycles. The van der Waals surface area contributed by atoms with Crippen LogP contribution in [-0.2, 0) is 23.8 Å². The second-order valence-electron chi connectivity index (χ2n) is 3.74. The van der Waals surface area contributed by atoms with Crippen LogP contribution in [0.5, 0.6) is 0 Å². The molecule has 0 aliphatic carbocycles. The average Bonchev–Trinajstić information content (AvgIpc) is 2.30. The number of rotatable bonds is 4. The van der Waals surface area contributed by atoms with E-state index >= 15 is 0 Å². The second-order valence-corrected chi connectivity index (χ2v) is 8.90. The van der Waals surface area contributed by atoms with Gasteiger partial charge in [0.2, 0.25) is 0 Å². The molecule has 0 saturated carbocycles. The van der Waals surface area contributed by atoms with Gasteiger partial charge in [-0.15, -0.1) is 0 Å². The zero-order chi connectivity index (χ0) is 14.1. The van der Waals surface area contributed by atoms with Gasteiger partial charge in [-0.3, -0.25) is 0 Å². The van der Waals surface area contributed by atoms with Crippen molar-refractivity contribution in [1.82, 2.24) is 0 Å². The molecular weight excluding hydrogens is 335 g/mol. The molecule has 0 atom stereocenters. The first-order valence-electron chi connectivity index (χ1n) is 5.77. The third-order valence-electron chi connectivity index (χ3n) is 2.50. The standard InChI is InChI=1S/C13H20N.3ClH.Co/c1-5-11-8-10(4)9-12(6-2)13(11)14-7-3;;;;/h7-9,14H,5-6H2,1-4H3;3*1H;/q;;;;+3/p-3. The normalized spacial score (nSPS) is 10.5.